The third kappa shape index (κ3) is 2.91. The van der Waals surface area contributed by atoms with E-state index >= 15 is 0 Å². The predicted molar refractivity (Wildman–Crippen MR) is 82.0 cm³/mol. The van der Waals surface area contributed by atoms with E-state index in [2.05, 4.69) is 19.7 Å². The summed E-state index contributed by atoms with van der Waals surface area (Å²) in [6, 6.07) is 3.55. The molecule has 1 saturated carbocycles. The minimum atomic E-state index is -0.0295. The second kappa shape index (κ2) is 5.64. The van der Waals surface area contributed by atoms with E-state index in [0.717, 1.165) is 24.8 Å². The van der Waals surface area contributed by atoms with Crippen LogP contribution in [0.5, 0.6) is 5.88 Å². The molecule has 120 valence electrons. The Hall–Kier alpha value is -2.44. The molecule has 4 rings (SSSR count). The van der Waals surface area contributed by atoms with Gasteiger partial charge in [0.1, 0.15) is 5.82 Å². The highest BCUT2D eigenvalue weighted by atomic mass is 16.5. The van der Waals surface area contributed by atoms with Crippen LogP contribution in [0, 0.1) is 12.8 Å². The summed E-state index contributed by atoms with van der Waals surface area (Å²) >= 11 is 0. The molecule has 23 heavy (non-hydrogen) atoms. The lowest BCUT2D eigenvalue weighted by Gasteiger charge is -2.27. The van der Waals surface area contributed by atoms with Crippen molar-refractivity contribution in [2.24, 2.45) is 5.92 Å². The van der Waals surface area contributed by atoms with Gasteiger partial charge in [-0.3, -0.25) is 4.79 Å². The van der Waals surface area contributed by atoms with E-state index in [9.17, 15) is 4.79 Å². The molecule has 0 aromatic carbocycles. The normalized spacial score (nSPS) is 17.0. The standard InChI is InChI=1S/C16H19N5O2/c1-11-18-19-14-9-20(6-7-21(11)14)16(22)13-4-5-15(17-8-13)23-10-12-2-3-12/h4-5,8,12H,2-3,6-7,9-10H2,1H3. The maximum Gasteiger partial charge on any atom is 0.255 e. The van der Waals surface area contributed by atoms with Crippen molar-refractivity contribution in [2.75, 3.05) is 13.2 Å². The third-order valence-electron chi connectivity index (χ3n) is 4.37. The Balaban J connectivity index is 1.42. The molecule has 1 aliphatic heterocycles. The Bertz CT molecular complexity index is 721. The third-order valence-corrected chi connectivity index (χ3v) is 4.37. The first-order valence-electron chi connectivity index (χ1n) is 7.97. The molecule has 7 nitrogen and oxygen atoms in total. The lowest BCUT2D eigenvalue weighted by Crippen LogP contribution is -2.38. The number of aryl methyl sites for hydroxylation is 1. The van der Waals surface area contributed by atoms with Crippen molar-refractivity contribution in [3.63, 3.8) is 0 Å². The number of amides is 1. The van der Waals surface area contributed by atoms with Gasteiger partial charge >= 0.3 is 0 Å². The van der Waals surface area contributed by atoms with Crippen molar-refractivity contribution in [1.29, 1.82) is 0 Å². The molecule has 0 radical (unpaired) electrons. The van der Waals surface area contributed by atoms with Crippen LogP contribution in [0.3, 0.4) is 0 Å². The molecule has 0 bridgehead atoms. The fourth-order valence-electron chi connectivity index (χ4n) is 2.74. The van der Waals surface area contributed by atoms with Crippen LogP contribution >= 0.6 is 0 Å². The summed E-state index contributed by atoms with van der Waals surface area (Å²) in [6.07, 6.45) is 4.08. The summed E-state index contributed by atoms with van der Waals surface area (Å²) in [6.45, 7) is 4.53. The molecule has 0 atom stereocenters. The SMILES string of the molecule is Cc1nnc2n1CCN(C(=O)c1ccc(OCC3CC3)nc1)C2. The molecular formula is C16H19N5O2. The highest BCUT2D eigenvalue weighted by Crippen LogP contribution is 2.29. The number of ether oxygens (including phenoxy) is 1. The van der Waals surface area contributed by atoms with E-state index in [1.165, 1.54) is 12.8 Å². The number of hydrogen-bond acceptors (Lipinski definition) is 5. The summed E-state index contributed by atoms with van der Waals surface area (Å²) in [5.74, 6) is 2.97. The molecule has 0 N–H and O–H groups in total. The molecule has 0 saturated heterocycles. The summed E-state index contributed by atoms with van der Waals surface area (Å²) in [7, 11) is 0. The quantitative estimate of drug-likeness (QED) is 0.853. The average Bonchev–Trinajstić information content (AvgIpc) is 3.35. The first kappa shape index (κ1) is 14.2. The minimum absolute atomic E-state index is 0.0295. The average molecular weight is 313 g/mol. The molecular weight excluding hydrogens is 294 g/mol. The van der Waals surface area contributed by atoms with Gasteiger partial charge in [-0.15, -0.1) is 10.2 Å². The van der Waals surface area contributed by atoms with Gasteiger partial charge in [-0.1, -0.05) is 0 Å². The van der Waals surface area contributed by atoms with Gasteiger partial charge in [0.2, 0.25) is 5.88 Å². The zero-order valence-electron chi connectivity index (χ0n) is 13.1. The molecule has 7 heteroatoms. The monoisotopic (exact) mass is 313 g/mol. The maximum atomic E-state index is 12.6. The highest BCUT2D eigenvalue weighted by molar-refractivity contribution is 5.94. The number of rotatable bonds is 4. The van der Waals surface area contributed by atoms with Crippen molar-refractivity contribution in [3.05, 3.63) is 35.5 Å². The van der Waals surface area contributed by atoms with E-state index in [1.54, 1.807) is 23.2 Å². The van der Waals surface area contributed by atoms with Crippen molar-refractivity contribution in [2.45, 2.75) is 32.9 Å². The van der Waals surface area contributed by atoms with Gasteiger partial charge in [-0.25, -0.2) is 4.98 Å². The Kier molecular flexibility index (Phi) is 3.48. The molecule has 1 amide bonds. The van der Waals surface area contributed by atoms with E-state index in [4.69, 9.17) is 4.74 Å². The van der Waals surface area contributed by atoms with Gasteiger partial charge in [0, 0.05) is 25.4 Å². The summed E-state index contributed by atoms with van der Waals surface area (Å²) in [5, 5.41) is 8.19. The molecule has 2 aromatic rings. The van der Waals surface area contributed by atoms with Crippen LogP contribution < -0.4 is 4.74 Å². The van der Waals surface area contributed by atoms with Crippen LogP contribution in [0.15, 0.2) is 18.3 Å². The van der Waals surface area contributed by atoms with Gasteiger partial charge in [0.05, 0.1) is 18.7 Å². The van der Waals surface area contributed by atoms with Gasteiger partial charge in [-0.05, 0) is 31.7 Å². The van der Waals surface area contributed by atoms with E-state index in [-0.39, 0.29) is 5.91 Å². The number of fused-ring (bicyclic) bond motifs is 1. The topological polar surface area (TPSA) is 73.1 Å². The Labute approximate surface area is 134 Å². The molecule has 1 aliphatic carbocycles. The molecule has 2 aliphatic rings. The van der Waals surface area contributed by atoms with Crippen LogP contribution in [0.4, 0.5) is 0 Å². The highest BCUT2D eigenvalue weighted by Gasteiger charge is 2.25. The maximum absolute atomic E-state index is 12.6. The number of hydrogen-bond donors (Lipinski definition) is 0. The van der Waals surface area contributed by atoms with Crippen LogP contribution in [0.25, 0.3) is 0 Å². The zero-order valence-corrected chi connectivity index (χ0v) is 13.1. The molecule has 0 unspecified atom stereocenters. The summed E-state index contributed by atoms with van der Waals surface area (Å²) in [5.41, 5.74) is 0.577. The Morgan fingerprint density at radius 3 is 2.91 bits per heavy atom. The van der Waals surface area contributed by atoms with Crippen LogP contribution in [0.2, 0.25) is 0 Å². The minimum Gasteiger partial charge on any atom is -0.477 e. The first-order chi connectivity index (χ1) is 11.2. The molecule has 0 spiro atoms. The Morgan fingerprint density at radius 1 is 1.30 bits per heavy atom. The summed E-state index contributed by atoms with van der Waals surface area (Å²) in [4.78, 5) is 18.6. The van der Waals surface area contributed by atoms with E-state index in [0.29, 0.717) is 30.5 Å². The van der Waals surface area contributed by atoms with Crippen molar-refractivity contribution in [3.8, 4) is 5.88 Å². The lowest BCUT2D eigenvalue weighted by molar-refractivity contribution is 0.0706. The van der Waals surface area contributed by atoms with Crippen molar-refractivity contribution in [1.82, 2.24) is 24.6 Å². The second-order valence-electron chi connectivity index (χ2n) is 6.18. The lowest BCUT2D eigenvalue weighted by atomic mass is 10.2. The van der Waals surface area contributed by atoms with Crippen molar-refractivity contribution < 1.29 is 9.53 Å². The molecule has 1 fully saturated rings. The fourth-order valence-corrected chi connectivity index (χ4v) is 2.74. The number of carbonyl (C=O) groups excluding carboxylic acids is 1. The largest absolute Gasteiger partial charge is 0.477 e. The molecule has 3 heterocycles. The van der Waals surface area contributed by atoms with Gasteiger partial charge in [0.25, 0.3) is 5.91 Å². The fraction of sp³-hybridized carbons (Fsp3) is 0.500. The van der Waals surface area contributed by atoms with Gasteiger partial charge in [-0.2, -0.15) is 0 Å². The van der Waals surface area contributed by atoms with Gasteiger partial charge in [0.15, 0.2) is 5.82 Å². The molecule has 2 aromatic heterocycles. The number of aromatic nitrogens is 4. The Morgan fingerprint density at radius 2 is 2.17 bits per heavy atom. The number of pyridine rings is 1. The van der Waals surface area contributed by atoms with Crippen molar-refractivity contribution >= 4 is 5.91 Å². The van der Waals surface area contributed by atoms with Gasteiger partial charge < -0.3 is 14.2 Å². The van der Waals surface area contributed by atoms with Crippen LogP contribution in [-0.2, 0) is 13.1 Å². The summed E-state index contributed by atoms with van der Waals surface area (Å²) < 4.78 is 7.65. The van der Waals surface area contributed by atoms with E-state index < -0.39 is 0 Å². The second-order valence-corrected chi connectivity index (χ2v) is 6.18. The smallest absolute Gasteiger partial charge is 0.255 e. The number of carbonyl (C=O) groups is 1. The number of nitrogens with zero attached hydrogens (tertiary/aromatic N) is 5. The van der Waals surface area contributed by atoms with E-state index in [1.807, 2.05) is 6.92 Å². The van der Waals surface area contributed by atoms with Crippen LogP contribution in [-0.4, -0.2) is 43.7 Å². The first-order valence-corrected chi connectivity index (χ1v) is 7.97. The van der Waals surface area contributed by atoms with Crippen LogP contribution in [0.1, 0.15) is 34.8 Å². The predicted octanol–water partition coefficient (Wildman–Crippen LogP) is 1.43. The zero-order chi connectivity index (χ0) is 15.8.